The maximum absolute atomic E-state index is 12.1. The van der Waals surface area contributed by atoms with Crippen molar-refractivity contribution in [2.75, 3.05) is 7.11 Å². The lowest BCUT2D eigenvalue weighted by molar-refractivity contribution is 0.0955. The molecule has 3 aromatic carbocycles. The van der Waals surface area contributed by atoms with Crippen molar-refractivity contribution in [3.63, 3.8) is 0 Å². The van der Waals surface area contributed by atoms with E-state index in [-0.39, 0.29) is 5.91 Å². The number of rotatable bonds is 7. The zero-order valence-electron chi connectivity index (χ0n) is 15.0. The average Bonchev–Trinajstić information content (AvgIpc) is 2.74. The first-order valence-corrected chi connectivity index (χ1v) is 8.49. The second kappa shape index (κ2) is 9.20. The molecule has 0 radical (unpaired) electrons. The first-order valence-electron chi connectivity index (χ1n) is 8.49. The molecule has 0 saturated heterocycles. The number of ether oxygens (including phenoxy) is 2. The average molecular weight is 360 g/mol. The summed E-state index contributed by atoms with van der Waals surface area (Å²) in [6, 6.07) is 24.2. The van der Waals surface area contributed by atoms with Crippen molar-refractivity contribution in [1.29, 1.82) is 0 Å². The minimum atomic E-state index is -0.268. The Hall–Kier alpha value is -3.60. The van der Waals surface area contributed by atoms with Gasteiger partial charge in [0.1, 0.15) is 18.1 Å². The number of benzene rings is 3. The van der Waals surface area contributed by atoms with Gasteiger partial charge < -0.3 is 9.47 Å². The van der Waals surface area contributed by atoms with Gasteiger partial charge in [0.15, 0.2) is 0 Å². The molecule has 3 aromatic rings. The minimum absolute atomic E-state index is 0.268. The molecular weight excluding hydrogens is 340 g/mol. The largest absolute Gasteiger partial charge is 0.497 e. The number of nitrogens with one attached hydrogen (secondary N) is 1. The lowest BCUT2D eigenvalue weighted by Crippen LogP contribution is -2.17. The Morgan fingerprint density at radius 1 is 0.926 bits per heavy atom. The number of amides is 1. The number of nitrogens with zero attached hydrogens (tertiary/aromatic N) is 1. The summed E-state index contributed by atoms with van der Waals surface area (Å²) in [4.78, 5) is 12.1. The van der Waals surface area contributed by atoms with E-state index < -0.39 is 0 Å². The quantitative estimate of drug-likeness (QED) is 0.511. The number of hydrogen-bond donors (Lipinski definition) is 1. The normalized spacial score (nSPS) is 10.6. The maximum atomic E-state index is 12.1. The first-order chi connectivity index (χ1) is 13.2. The van der Waals surface area contributed by atoms with Crippen LogP contribution >= 0.6 is 0 Å². The fraction of sp³-hybridized carbons (Fsp3) is 0.0909. The van der Waals surface area contributed by atoms with E-state index in [1.807, 2.05) is 66.7 Å². The smallest absolute Gasteiger partial charge is 0.271 e. The summed E-state index contributed by atoms with van der Waals surface area (Å²) in [5.74, 6) is 1.31. The number of hydrazone groups is 1. The molecule has 0 spiro atoms. The molecule has 0 aliphatic carbocycles. The van der Waals surface area contributed by atoms with Crippen LogP contribution in [0.25, 0.3) is 0 Å². The van der Waals surface area contributed by atoms with Crippen molar-refractivity contribution in [3.05, 3.63) is 95.6 Å². The highest BCUT2D eigenvalue weighted by Crippen LogP contribution is 2.12. The predicted molar refractivity (Wildman–Crippen MR) is 105 cm³/mol. The topological polar surface area (TPSA) is 59.9 Å². The van der Waals surface area contributed by atoms with E-state index in [9.17, 15) is 4.79 Å². The third-order valence-electron chi connectivity index (χ3n) is 3.86. The van der Waals surface area contributed by atoms with Gasteiger partial charge in [-0.15, -0.1) is 0 Å². The van der Waals surface area contributed by atoms with Gasteiger partial charge in [-0.05, 0) is 59.7 Å². The zero-order chi connectivity index (χ0) is 18.9. The van der Waals surface area contributed by atoms with Crippen molar-refractivity contribution >= 4 is 12.1 Å². The molecule has 0 bridgehead atoms. The van der Waals surface area contributed by atoms with Gasteiger partial charge in [0.2, 0.25) is 0 Å². The fourth-order valence-electron chi connectivity index (χ4n) is 2.36. The Balaban J connectivity index is 1.51. The van der Waals surface area contributed by atoms with Crippen LogP contribution in [0.3, 0.4) is 0 Å². The van der Waals surface area contributed by atoms with Crippen molar-refractivity contribution < 1.29 is 14.3 Å². The van der Waals surface area contributed by atoms with E-state index >= 15 is 0 Å². The van der Waals surface area contributed by atoms with Crippen LogP contribution in [-0.4, -0.2) is 19.2 Å². The van der Waals surface area contributed by atoms with Crippen LogP contribution in [0.4, 0.5) is 0 Å². The highest BCUT2D eigenvalue weighted by Gasteiger charge is 2.04. The molecule has 0 fully saturated rings. The molecule has 0 aliphatic rings. The molecule has 0 heterocycles. The van der Waals surface area contributed by atoms with Crippen LogP contribution in [0.1, 0.15) is 21.5 Å². The van der Waals surface area contributed by atoms with Crippen LogP contribution in [0, 0.1) is 0 Å². The van der Waals surface area contributed by atoms with Crippen LogP contribution in [0.15, 0.2) is 84.0 Å². The molecule has 136 valence electrons. The van der Waals surface area contributed by atoms with Crippen molar-refractivity contribution in [2.24, 2.45) is 5.10 Å². The van der Waals surface area contributed by atoms with Crippen molar-refractivity contribution in [3.8, 4) is 11.5 Å². The molecular formula is C22H20N2O3. The Bertz CT molecular complexity index is 889. The monoisotopic (exact) mass is 360 g/mol. The highest BCUT2D eigenvalue weighted by atomic mass is 16.5. The predicted octanol–water partition coefficient (Wildman–Crippen LogP) is 4.04. The Morgan fingerprint density at radius 2 is 1.63 bits per heavy atom. The molecule has 0 aliphatic heterocycles. The van der Waals surface area contributed by atoms with E-state index in [1.165, 1.54) is 0 Å². The lowest BCUT2D eigenvalue weighted by atomic mass is 10.1. The summed E-state index contributed by atoms with van der Waals surface area (Å²) in [7, 11) is 1.61. The molecule has 1 N–H and O–H groups in total. The second-order valence-corrected chi connectivity index (χ2v) is 5.77. The molecule has 0 unspecified atom stereocenters. The van der Waals surface area contributed by atoms with Gasteiger partial charge in [0.25, 0.3) is 5.91 Å². The van der Waals surface area contributed by atoms with E-state index in [0.29, 0.717) is 12.2 Å². The standard InChI is InChI=1S/C22H20N2O3/c1-26-20-13-9-17(10-14-20)15-23-24-22(25)19-11-7-18(8-12-19)16-27-21-5-3-2-4-6-21/h2-15H,16H2,1H3,(H,24,25)/b23-15-. The first kappa shape index (κ1) is 18.2. The number of hydrogen-bond acceptors (Lipinski definition) is 4. The zero-order valence-corrected chi connectivity index (χ0v) is 15.0. The minimum Gasteiger partial charge on any atom is -0.497 e. The molecule has 1 amide bonds. The summed E-state index contributed by atoms with van der Waals surface area (Å²) in [6.07, 6.45) is 1.58. The summed E-state index contributed by atoms with van der Waals surface area (Å²) in [5.41, 5.74) is 4.90. The van der Waals surface area contributed by atoms with Crippen molar-refractivity contribution in [1.82, 2.24) is 5.43 Å². The lowest BCUT2D eigenvalue weighted by Gasteiger charge is -2.06. The van der Waals surface area contributed by atoms with Gasteiger partial charge in [-0.3, -0.25) is 4.79 Å². The fourth-order valence-corrected chi connectivity index (χ4v) is 2.36. The van der Waals surface area contributed by atoms with E-state index in [4.69, 9.17) is 9.47 Å². The second-order valence-electron chi connectivity index (χ2n) is 5.77. The Kier molecular flexibility index (Phi) is 6.20. The Morgan fingerprint density at radius 3 is 2.30 bits per heavy atom. The summed E-state index contributed by atoms with van der Waals surface area (Å²) >= 11 is 0. The molecule has 0 saturated carbocycles. The number of para-hydroxylation sites is 1. The molecule has 5 nitrogen and oxygen atoms in total. The number of methoxy groups -OCH3 is 1. The number of carbonyl (C=O) groups is 1. The third kappa shape index (κ3) is 5.44. The van der Waals surface area contributed by atoms with Crippen LogP contribution in [0.2, 0.25) is 0 Å². The summed E-state index contributed by atoms with van der Waals surface area (Å²) in [6.45, 7) is 0.446. The Labute approximate surface area is 158 Å². The van der Waals surface area contributed by atoms with Crippen LogP contribution in [0.5, 0.6) is 11.5 Å². The van der Waals surface area contributed by atoms with Crippen LogP contribution < -0.4 is 14.9 Å². The SMILES string of the molecule is COc1ccc(/C=N\NC(=O)c2ccc(COc3ccccc3)cc2)cc1. The van der Waals surface area contributed by atoms with Gasteiger partial charge in [-0.1, -0.05) is 30.3 Å². The van der Waals surface area contributed by atoms with Gasteiger partial charge in [0, 0.05) is 5.56 Å². The number of carbonyl (C=O) groups excluding carboxylic acids is 1. The molecule has 5 heteroatoms. The molecule has 3 rings (SSSR count). The maximum Gasteiger partial charge on any atom is 0.271 e. The van der Waals surface area contributed by atoms with Crippen LogP contribution in [-0.2, 0) is 6.61 Å². The van der Waals surface area contributed by atoms with Gasteiger partial charge in [-0.25, -0.2) is 5.43 Å². The molecule has 0 aromatic heterocycles. The highest BCUT2D eigenvalue weighted by molar-refractivity contribution is 5.94. The van der Waals surface area contributed by atoms with Gasteiger partial charge in [0.05, 0.1) is 13.3 Å². The summed E-state index contributed by atoms with van der Waals surface area (Å²) < 4.78 is 10.8. The van der Waals surface area contributed by atoms with Crippen molar-refractivity contribution in [2.45, 2.75) is 6.61 Å². The van der Waals surface area contributed by atoms with E-state index in [2.05, 4.69) is 10.5 Å². The molecule has 0 atom stereocenters. The van der Waals surface area contributed by atoms with Gasteiger partial charge in [-0.2, -0.15) is 5.10 Å². The third-order valence-corrected chi connectivity index (χ3v) is 3.86. The van der Waals surface area contributed by atoms with E-state index in [1.54, 1.807) is 25.5 Å². The van der Waals surface area contributed by atoms with E-state index in [0.717, 1.165) is 22.6 Å². The molecule has 27 heavy (non-hydrogen) atoms. The van der Waals surface area contributed by atoms with Gasteiger partial charge >= 0.3 is 0 Å². The summed E-state index contributed by atoms with van der Waals surface area (Å²) in [5, 5.41) is 3.98.